The molecule has 3 N–H and O–H groups in total. The van der Waals surface area contributed by atoms with Gasteiger partial charge in [0.05, 0.1) is 17.5 Å². The van der Waals surface area contributed by atoms with Crippen LogP contribution in [0.4, 0.5) is 0 Å². The number of nitrogens with two attached hydrogens (primary N) is 1. The second-order valence-corrected chi connectivity index (χ2v) is 6.31. The van der Waals surface area contributed by atoms with Gasteiger partial charge in [0.15, 0.2) is 0 Å². The molecule has 2 aliphatic heterocycles. The fourth-order valence-corrected chi connectivity index (χ4v) is 3.56. The van der Waals surface area contributed by atoms with Gasteiger partial charge in [-0.1, -0.05) is 60.7 Å². The second kappa shape index (κ2) is 6.41. The van der Waals surface area contributed by atoms with Crippen LogP contribution in [0.1, 0.15) is 29.5 Å². The molecule has 0 spiro atoms. The molecule has 0 aromatic heterocycles. The van der Waals surface area contributed by atoms with E-state index in [1.165, 1.54) is 0 Å². The molecule has 0 bridgehead atoms. The van der Waals surface area contributed by atoms with Crippen LogP contribution < -0.4 is 11.1 Å². The Hall–Kier alpha value is -3.52. The maximum Gasteiger partial charge on any atom is 0.252 e. The molecule has 4 rings (SSSR count). The minimum absolute atomic E-state index is 0.0709. The highest BCUT2D eigenvalue weighted by Gasteiger charge is 2.40. The van der Waals surface area contributed by atoms with Crippen LogP contribution >= 0.6 is 0 Å². The molecule has 0 aliphatic carbocycles. The van der Waals surface area contributed by atoms with E-state index in [4.69, 9.17) is 10.5 Å². The highest BCUT2D eigenvalue weighted by atomic mass is 16.5. The molecule has 2 atom stereocenters. The second-order valence-electron chi connectivity index (χ2n) is 6.31. The van der Waals surface area contributed by atoms with E-state index >= 15 is 0 Å². The number of amides is 1. The van der Waals surface area contributed by atoms with Gasteiger partial charge in [-0.3, -0.25) is 4.79 Å². The Morgan fingerprint density at radius 3 is 2.27 bits per heavy atom. The number of ether oxygens (including phenoxy) is 1. The standard InChI is InChI=1S/C21H17N3O2/c22-12-15-18(14-9-5-2-6-10-14)19-17(26-20(15)23)11-16(24-21(19)25)13-7-3-1-4-8-13/h1-10,16,18H,11,23H2,(H,24,25)/t16-,18-/m1/s1. The number of nitrogens with zero attached hydrogens (tertiary/aromatic N) is 1. The average molecular weight is 343 g/mol. The summed E-state index contributed by atoms with van der Waals surface area (Å²) in [4.78, 5) is 12.9. The third kappa shape index (κ3) is 2.62. The summed E-state index contributed by atoms with van der Waals surface area (Å²) in [6.07, 6.45) is 0.494. The Morgan fingerprint density at radius 2 is 1.65 bits per heavy atom. The van der Waals surface area contributed by atoms with Gasteiger partial charge in [0.1, 0.15) is 17.4 Å². The molecular weight excluding hydrogens is 326 g/mol. The summed E-state index contributed by atoms with van der Waals surface area (Å²) in [6.45, 7) is 0. The van der Waals surface area contributed by atoms with Gasteiger partial charge in [0.25, 0.3) is 5.91 Å². The molecule has 0 radical (unpaired) electrons. The van der Waals surface area contributed by atoms with Gasteiger partial charge < -0.3 is 15.8 Å². The van der Waals surface area contributed by atoms with E-state index in [-0.39, 0.29) is 23.4 Å². The third-order valence-electron chi connectivity index (χ3n) is 4.77. The van der Waals surface area contributed by atoms with Gasteiger partial charge in [0, 0.05) is 6.42 Å². The van der Waals surface area contributed by atoms with E-state index < -0.39 is 5.92 Å². The molecule has 26 heavy (non-hydrogen) atoms. The first kappa shape index (κ1) is 16.0. The van der Waals surface area contributed by atoms with Gasteiger partial charge in [-0.25, -0.2) is 0 Å². The number of carbonyl (C=O) groups is 1. The minimum atomic E-state index is -0.512. The highest BCUT2D eigenvalue weighted by molar-refractivity contribution is 5.98. The first-order valence-electron chi connectivity index (χ1n) is 8.40. The lowest BCUT2D eigenvalue weighted by atomic mass is 9.80. The zero-order chi connectivity index (χ0) is 18.1. The van der Waals surface area contributed by atoms with Crippen LogP contribution in [0.2, 0.25) is 0 Å². The third-order valence-corrected chi connectivity index (χ3v) is 4.77. The SMILES string of the molecule is N#CC1=C(N)OC2=C(C(=O)N[C@@H](c3ccccc3)C2)[C@@H]1c1ccccc1. The molecule has 5 heteroatoms. The molecule has 5 nitrogen and oxygen atoms in total. The van der Waals surface area contributed by atoms with Crippen LogP contribution in [0, 0.1) is 11.3 Å². The number of benzene rings is 2. The van der Waals surface area contributed by atoms with Crippen molar-refractivity contribution in [3.63, 3.8) is 0 Å². The lowest BCUT2D eigenvalue weighted by Gasteiger charge is -2.34. The van der Waals surface area contributed by atoms with Crippen molar-refractivity contribution in [2.45, 2.75) is 18.4 Å². The van der Waals surface area contributed by atoms with Crippen LogP contribution in [0.15, 0.2) is 83.5 Å². The number of nitriles is 1. The predicted octanol–water partition coefficient (Wildman–Crippen LogP) is 3.01. The highest BCUT2D eigenvalue weighted by Crippen LogP contribution is 2.43. The molecule has 0 saturated heterocycles. The number of rotatable bonds is 2. The van der Waals surface area contributed by atoms with Crippen LogP contribution in [0.5, 0.6) is 0 Å². The normalized spacial score (nSPS) is 22.2. The lowest BCUT2D eigenvalue weighted by Crippen LogP contribution is -2.39. The molecule has 0 saturated carbocycles. The largest absolute Gasteiger partial charge is 0.444 e. The maximum atomic E-state index is 12.9. The summed E-state index contributed by atoms with van der Waals surface area (Å²) in [7, 11) is 0. The van der Waals surface area contributed by atoms with Gasteiger partial charge >= 0.3 is 0 Å². The van der Waals surface area contributed by atoms with Crippen LogP contribution in [0.3, 0.4) is 0 Å². The van der Waals surface area contributed by atoms with Crippen molar-refractivity contribution in [1.29, 1.82) is 5.26 Å². The van der Waals surface area contributed by atoms with E-state index in [0.717, 1.165) is 11.1 Å². The van der Waals surface area contributed by atoms with Crippen molar-refractivity contribution >= 4 is 5.91 Å². The lowest BCUT2D eigenvalue weighted by molar-refractivity contribution is -0.119. The molecule has 2 heterocycles. The Balaban J connectivity index is 1.79. The van der Waals surface area contributed by atoms with Crippen LogP contribution in [0.25, 0.3) is 0 Å². The summed E-state index contributed by atoms with van der Waals surface area (Å²) < 4.78 is 5.72. The number of allylic oxidation sites excluding steroid dienone is 1. The molecule has 2 aromatic carbocycles. The van der Waals surface area contributed by atoms with E-state index in [1.807, 2.05) is 60.7 Å². The van der Waals surface area contributed by atoms with Gasteiger partial charge in [-0.15, -0.1) is 0 Å². The summed E-state index contributed by atoms with van der Waals surface area (Å²) in [5.74, 6) is -0.134. The molecule has 2 aliphatic rings. The summed E-state index contributed by atoms with van der Waals surface area (Å²) in [5.41, 5.74) is 8.60. The Labute approximate surface area is 151 Å². The van der Waals surface area contributed by atoms with Crippen molar-refractivity contribution in [1.82, 2.24) is 5.32 Å². The summed E-state index contributed by atoms with van der Waals surface area (Å²) >= 11 is 0. The van der Waals surface area contributed by atoms with Gasteiger partial charge in [0.2, 0.25) is 5.88 Å². The minimum Gasteiger partial charge on any atom is -0.444 e. The first-order chi connectivity index (χ1) is 12.7. The van der Waals surface area contributed by atoms with Crippen molar-refractivity contribution in [2.75, 3.05) is 0 Å². The zero-order valence-electron chi connectivity index (χ0n) is 14.0. The Bertz CT molecular complexity index is 956. The first-order valence-corrected chi connectivity index (χ1v) is 8.40. The van der Waals surface area contributed by atoms with Crippen LogP contribution in [-0.2, 0) is 9.53 Å². The molecule has 2 aromatic rings. The van der Waals surface area contributed by atoms with E-state index in [9.17, 15) is 10.1 Å². The number of carbonyl (C=O) groups excluding carboxylic acids is 1. The van der Waals surface area contributed by atoms with E-state index in [1.54, 1.807) is 0 Å². The summed E-state index contributed by atoms with van der Waals surface area (Å²) in [6, 6.07) is 21.1. The quantitative estimate of drug-likeness (QED) is 0.877. The van der Waals surface area contributed by atoms with Gasteiger partial charge in [-0.2, -0.15) is 5.26 Å². The Kier molecular flexibility index (Phi) is 3.94. The molecule has 0 fully saturated rings. The van der Waals surface area contributed by atoms with Crippen molar-refractivity contribution < 1.29 is 9.53 Å². The predicted molar refractivity (Wildman–Crippen MR) is 96.1 cm³/mol. The van der Waals surface area contributed by atoms with E-state index in [2.05, 4.69) is 11.4 Å². The van der Waals surface area contributed by atoms with Crippen molar-refractivity contribution in [3.8, 4) is 6.07 Å². The number of nitrogens with one attached hydrogen (secondary N) is 1. The molecule has 128 valence electrons. The van der Waals surface area contributed by atoms with E-state index in [0.29, 0.717) is 17.8 Å². The van der Waals surface area contributed by atoms with Crippen LogP contribution in [-0.4, -0.2) is 5.91 Å². The molecule has 0 unspecified atom stereocenters. The van der Waals surface area contributed by atoms with Gasteiger partial charge in [-0.05, 0) is 11.1 Å². The smallest absolute Gasteiger partial charge is 0.252 e. The maximum absolute atomic E-state index is 12.9. The monoisotopic (exact) mass is 343 g/mol. The number of hydrogen-bond donors (Lipinski definition) is 2. The fraction of sp³-hybridized carbons (Fsp3) is 0.143. The summed E-state index contributed by atoms with van der Waals surface area (Å²) in [5, 5.41) is 12.6. The van der Waals surface area contributed by atoms with Crippen molar-refractivity contribution in [3.05, 3.63) is 94.6 Å². The molecular formula is C21H17N3O2. The Morgan fingerprint density at radius 1 is 1.04 bits per heavy atom. The average Bonchev–Trinajstić information content (AvgIpc) is 2.68. The topological polar surface area (TPSA) is 88.1 Å². The van der Waals surface area contributed by atoms with Crippen molar-refractivity contribution in [2.24, 2.45) is 5.73 Å². The fourth-order valence-electron chi connectivity index (χ4n) is 3.56. The molecule has 1 amide bonds. The zero-order valence-corrected chi connectivity index (χ0v) is 14.0. The number of hydrogen-bond acceptors (Lipinski definition) is 4.